The van der Waals surface area contributed by atoms with Gasteiger partial charge in [0.15, 0.2) is 5.52 Å². The second kappa shape index (κ2) is 8.27. The normalized spacial score (nSPS) is 11.8. The van der Waals surface area contributed by atoms with E-state index in [1.807, 2.05) is 11.6 Å². The zero-order valence-corrected chi connectivity index (χ0v) is 17.9. The van der Waals surface area contributed by atoms with Crippen molar-refractivity contribution in [2.24, 2.45) is 7.05 Å². The molecule has 3 aromatic rings. The summed E-state index contributed by atoms with van der Waals surface area (Å²) in [5.41, 5.74) is 1.53. The van der Waals surface area contributed by atoms with E-state index in [-0.39, 0.29) is 16.3 Å². The van der Waals surface area contributed by atoms with Crippen molar-refractivity contribution in [3.63, 3.8) is 0 Å². The van der Waals surface area contributed by atoms with E-state index in [0.717, 1.165) is 6.42 Å². The zero-order chi connectivity index (χ0) is 22.1. The minimum Gasteiger partial charge on any atom is -0.446 e. The molecule has 1 aromatic carbocycles. The molecule has 0 saturated heterocycles. The van der Waals surface area contributed by atoms with Crippen LogP contribution in [-0.2, 0) is 28.2 Å². The van der Waals surface area contributed by atoms with Gasteiger partial charge in [0.1, 0.15) is 11.3 Å². The number of carbonyl (C=O) groups is 1. The summed E-state index contributed by atoms with van der Waals surface area (Å²) in [6, 6.07) is 5.77. The Morgan fingerprint density at radius 3 is 2.73 bits per heavy atom. The van der Waals surface area contributed by atoms with Crippen molar-refractivity contribution in [2.45, 2.75) is 44.6 Å². The van der Waals surface area contributed by atoms with Gasteiger partial charge in [0.2, 0.25) is 0 Å². The molecule has 0 spiro atoms. The molecule has 160 valence electrons. The van der Waals surface area contributed by atoms with Crippen LogP contribution in [0.3, 0.4) is 0 Å². The number of benzene rings is 1. The van der Waals surface area contributed by atoms with Gasteiger partial charge in [0.05, 0.1) is 16.7 Å². The summed E-state index contributed by atoms with van der Waals surface area (Å²) in [5, 5.41) is 4.37. The topological polar surface area (TPSA) is 136 Å². The quantitative estimate of drug-likeness (QED) is 0.607. The molecule has 3 rings (SSSR count). The molecular weight excluding hydrogens is 410 g/mol. The predicted octanol–water partition coefficient (Wildman–Crippen LogP) is 2.10. The van der Waals surface area contributed by atoms with E-state index < -0.39 is 22.2 Å². The maximum atomic E-state index is 12.6. The van der Waals surface area contributed by atoms with E-state index in [2.05, 4.69) is 15.1 Å². The molecule has 0 unspecified atom stereocenters. The number of rotatable bonds is 6. The van der Waals surface area contributed by atoms with Crippen LogP contribution in [0.2, 0.25) is 0 Å². The monoisotopic (exact) mass is 433 g/mol. The first-order valence-electron chi connectivity index (χ1n) is 9.42. The Balaban J connectivity index is 2.04. The Morgan fingerprint density at radius 1 is 1.33 bits per heavy atom. The van der Waals surface area contributed by atoms with Gasteiger partial charge in [-0.05, 0) is 32.4 Å². The molecule has 0 aliphatic carbocycles. The number of aromatic nitrogens is 4. The molecule has 0 saturated carbocycles. The first-order chi connectivity index (χ1) is 14.1. The summed E-state index contributed by atoms with van der Waals surface area (Å²) >= 11 is 0. The van der Waals surface area contributed by atoms with E-state index >= 15 is 0 Å². The first-order valence-corrected chi connectivity index (χ1v) is 10.9. The molecule has 2 N–H and O–H groups in total. The number of H-pyrrole nitrogens is 1. The molecule has 0 radical (unpaired) electrons. The molecule has 2 heterocycles. The number of sulfonamides is 1. The fourth-order valence-electron chi connectivity index (χ4n) is 3.01. The maximum Gasteiger partial charge on any atom is 0.421 e. The summed E-state index contributed by atoms with van der Waals surface area (Å²) in [4.78, 5) is 31.3. The van der Waals surface area contributed by atoms with Crippen molar-refractivity contribution in [2.75, 3.05) is 0 Å². The first kappa shape index (κ1) is 21.5. The van der Waals surface area contributed by atoms with E-state index in [0.29, 0.717) is 28.7 Å². The van der Waals surface area contributed by atoms with Gasteiger partial charge in [-0.1, -0.05) is 25.5 Å². The molecular formula is C19H23N5O5S. The largest absolute Gasteiger partial charge is 0.446 e. The van der Waals surface area contributed by atoms with E-state index in [9.17, 15) is 18.0 Å². The van der Waals surface area contributed by atoms with Gasteiger partial charge in [-0.2, -0.15) is 5.10 Å². The number of carbonyl (C=O) groups excluding carboxylic acids is 1. The van der Waals surface area contributed by atoms with Gasteiger partial charge in [0, 0.05) is 12.6 Å². The van der Waals surface area contributed by atoms with Crippen molar-refractivity contribution in [1.29, 1.82) is 0 Å². The predicted molar refractivity (Wildman–Crippen MR) is 110 cm³/mol. The number of aryl methyl sites for hydroxylation is 2. The SMILES string of the molecule is CCCc1nn(C)c2c(=O)[nH]c(-c3cccc(S(=O)(=O)NC(=O)OC(C)C)c3)nc12. The molecule has 0 atom stereocenters. The molecule has 0 aliphatic heterocycles. The van der Waals surface area contributed by atoms with Crippen LogP contribution in [-0.4, -0.2) is 40.4 Å². The van der Waals surface area contributed by atoms with Gasteiger partial charge in [-0.3, -0.25) is 9.48 Å². The fraction of sp³-hybridized carbons (Fsp3) is 0.368. The number of fused-ring (bicyclic) bond motifs is 1. The summed E-state index contributed by atoms with van der Waals surface area (Å²) < 4.78 is 33.2. The maximum absolute atomic E-state index is 12.6. The van der Waals surface area contributed by atoms with Crippen LogP contribution in [0.25, 0.3) is 22.4 Å². The number of hydrogen-bond acceptors (Lipinski definition) is 7. The molecule has 1 amide bonds. The van der Waals surface area contributed by atoms with Crippen LogP contribution >= 0.6 is 0 Å². The van der Waals surface area contributed by atoms with Crippen molar-refractivity contribution in [3.8, 4) is 11.4 Å². The van der Waals surface area contributed by atoms with Crippen molar-refractivity contribution >= 4 is 27.1 Å². The lowest BCUT2D eigenvalue weighted by atomic mass is 10.2. The third-order valence-electron chi connectivity index (χ3n) is 4.23. The van der Waals surface area contributed by atoms with Gasteiger partial charge < -0.3 is 9.72 Å². The smallest absolute Gasteiger partial charge is 0.421 e. The highest BCUT2D eigenvalue weighted by molar-refractivity contribution is 7.90. The Hall–Kier alpha value is -3.21. The Kier molecular flexibility index (Phi) is 5.92. The number of nitrogens with zero attached hydrogens (tertiary/aromatic N) is 3. The van der Waals surface area contributed by atoms with Gasteiger partial charge in [-0.15, -0.1) is 0 Å². The lowest BCUT2D eigenvalue weighted by Gasteiger charge is -2.11. The van der Waals surface area contributed by atoms with Crippen LogP contribution in [0, 0.1) is 0 Å². The van der Waals surface area contributed by atoms with Crippen molar-refractivity contribution in [3.05, 3.63) is 40.3 Å². The average Bonchev–Trinajstić information content (AvgIpc) is 2.97. The lowest BCUT2D eigenvalue weighted by Crippen LogP contribution is -2.32. The van der Waals surface area contributed by atoms with Crippen LogP contribution in [0.15, 0.2) is 34.0 Å². The molecule has 0 aliphatic rings. The molecule has 2 aromatic heterocycles. The minimum atomic E-state index is -4.16. The minimum absolute atomic E-state index is 0.163. The molecule has 0 fully saturated rings. The van der Waals surface area contributed by atoms with Gasteiger partial charge in [-0.25, -0.2) is 22.9 Å². The molecule has 0 bridgehead atoms. The highest BCUT2D eigenvalue weighted by Crippen LogP contribution is 2.22. The van der Waals surface area contributed by atoms with E-state index in [1.54, 1.807) is 27.0 Å². The van der Waals surface area contributed by atoms with Crippen LogP contribution < -0.4 is 10.3 Å². The lowest BCUT2D eigenvalue weighted by molar-refractivity contribution is 0.121. The van der Waals surface area contributed by atoms with Crippen LogP contribution in [0.1, 0.15) is 32.9 Å². The Morgan fingerprint density at radius 2 is 2.07 bits per heavy atom. The van der Waals surface area contributed by atoms with Gasteiger partial charge >= 0.3 is 6.09 Å². The standard InChI is InChI=1S/C19H23N5O5S/c1-5-7-14-15-16(24(4)22-14)18(25)21-17(20-15)12-8-6-9-13(10-12)30(27,28)23-19(26)29-11(2)3/h6,8-11H,5,7H2,1-4H3,(H,23,26)(H,20,21,25). The van der Waals surface area contributed by atoms with Crippen molar-refractivity contribution < 1.29 is 17.9 Å². The number of aromatic amines is 1. The number of ether oxygens (including phenoxy) is 1. The number of amides is 1. The summed E-state index contributed by atoms with van der Waals surface area (Å²) in [7, 11) is -2.49. The molecule has 11 heteroatoms. The van der Waals surface area contributed by atoms with Crippen LogP contribution in [0.5, 0.6) is 0 Å². The fourth-order valence-corrected chi connectivity index (χ4v) is 3.93. The van der Waals surface area contributed by atoms with Crippen molar-refractivity contribution in [1.82, 2.24) is 24.5 Å². The molecule has 30 heavy (non-hydrogen) atoms. The zero-order valence-electron chi connectivity index (χ0n) is 17.1. The Labute approximate surface area is 173 Å². The van der Waals surface area contributed by atoms with Gasteiger partial charge in [0.25, 0.3) is 15.6 Å². The Bertz CT molecular complexity index is 1260. The summed E-state index contributed by atoms with van der Waals surface area (Å²) in [5.74, 6) is 0.208. The third-order valence-corrected chi connectivity index (χ3v) is 5.54. The average molecular weight is 433 g/mol. The second-order valence-corrected chi connectivity index (χ2v) is 8.70. The summed E-state index contributed by atoms with van der Waals surface area (Å²) in [6.07, 6.45) is -0.0435. The summed E-state index contributed by atoms with van der Waals surface area (Å²) in [6.45, 7) is 5.21. The second-order valence-electron chi connectivity index (χ2n) is 7.02. The number of hydrogen-bond donors (Lipinski definition) is 2. The van der Waals surface area contributed by atoms with E-state index in [1.165, 1.54) is 22.9 Å². The van der Waals surface area contributed by atoms with E-state index in [4.69, 9.17) is 4.74 Å². The number of nitrogens with one attached hydrogen (secondary N) is 2. The molecule has 10 nitrogen and oxygen atoms in total. The highest BCUT2D eigenvalue weighted by Gasteiger charge is 2.21. The third kappa shape index (κ3) is 4.35. The van der Waals surface area contributed by atoms with Crippen LogP contribution in [0.4, 0.5) is 4.79 Å². The highest BCUT2D eigenvalue weighted by atomic mass is 32.2.